The Morgan fingerprint density at radius 2 is 2.25 bits per heavy atom. The molecule has 1 aliphatic rings. The minimum atomic E-state index is 0.0711. The van der Waals surface area contributed by atoms with Crippen LogP contribution in [0.2, 0.25) is 0 Å². The minimum Gasteiger partial charge on any atom is -0.396 e. The van der Waals surface area contributed by atoms with Gasteiger partial charge in [0.15, 0.2) is 0 Å². The Morgan fingerprint density at radius 3 is 2.75 bits per heavy atom. The highest BCUT2D eigenvalue weighted by atomic mass is 16.3. The van der Waals surface area contributed by atoms with Gasteiger partial charge in [-0.25, -0.2) is 0 Å². The zero-order valence-corrected chi connectivity index (χ0v) is 8.43. The summed E-state index contributed by atoms with van der Waals surface area (Å²) in [4.78, 5) is 0. The second-order valence-electron chi connectivity index (χ2n) is 4.66. The van der Waals surface area contributed by atoms with Gasteiger partial charge in [0.2, 0.25) is 0 Å². The zero-order chi connectivity index (χ0) is 9.19. The smallest absolute Gasteiger partial charge is 0.0487 e. The minimum absolute atomic E-state index is 0.0711. The van der Waals surface area contributed by atoms with E-state index in [1.165, 1.54) is 24.8 Å². The Hall–Kier alpha value is -0.300. The maximum atomic E-state index is 9.20. The van der Waals surface area contributed by atoms with E-state index in [2.05, 4.69) is 26.8 Å². The second kappa shape index (κ2) is 3.61. The van der Waals surface area contributed by atoms with Gasteiger partial charge in [-0.2, -0.15) is 0 Å². The molecule has 1 N–H and O–H groups in total. The summed E-state index contributed by atoms with van der Waals surface area (Å²) >= 11 is 0. The van der Waals surface area contributed by atoms with Crippen LogP contribution in [0.25, 0.3) is 0 Å². The van der Waals surface area contributed by atoms with Crippen LogP contribution in [0.4, 0.5) is 0 Å². The van der Waals surface area contributed by atoms with E-state index >= 15 is 0 Å². The van der Waals surface area contributed by atoms with Gasteiger partial charge in [0, 0.05) is 6.61 Å². The molecular weight excluding hydrogens is 148 g/mol. The molecule has 0 aromatic rings. The van der Waals surface area contributed by atoms with Crippen LogP contribution in [0.3, 0.4) is 0 Å². The molecule has 0 spiro atoms. The van der Waals surface area contributed by atoms with E-state index < -0.39 is 0 Å². The quantitative estimate of drug-likeness (QED) is 0.629. The van der Waals surface area contributed by atoms with Crippen molar-refractivity contribution in [2.45, 2.75) is 40.0 Å². The lowest BCUT2D eigenvalue weighted by atomic mass is 9.73. The van der Waals surface area contributed by atoms with E-state index in [0.717, 1.165) is 0 Å². The average molecular weight is 168 g/mol. The number of hydrogen-bond donors (Lipinski definition) is 1. The molecule has 0 aliphatic heterocycles. The van der Waals surface area contributed by atoms with E-state index in [1.807, 2.05) is 0 Å². The average Bonchev–Trinajstić information content (AvgIpc) is 2.05. The van der Waals surface area contributed by atoms with Crippen molar-refractivity contribution in [2.24, 2.45) is 11.3 Å². The van der Waals surface area contributed by atoms with E-state index in [4.69, 9.17) is 0 Å². The van der Waals surface area contributed by atoms with Crippen LogP contribution in [0, 0.1) is 11.3 Å². The summed E-state index contributed by atoms with van der Waals surface area (Å²) in [5, 5.41) is 9.20. The van der Waals surface area contributed by atoms with Crippen LogP contribution < -0.4 is 0 Å². The molecule has 0 saturated carbocycles. The lowest BCUT2D eigenvalue weighted by Gasteiger charge is -2.33. The molecule has 1 heteroatoms. The van der Waals surface area contributed by atoms with E-state index in [1.54, 1.807) is 0 Å². The van der Waals surface area contributed by atoms with Crippen molar-refractivity contribution in [3.8, 4) is 0 Å². The molecule has 1 unspecified atom stereocenters. The highest BCUT2D eigenvalue weighted by molar-refractivity contribution is 5.07. The number of allylic oxidation sites excluding steroid dienone is 2. The van der Waals surface area contributed by atoms with Crippen LogP contribution in [-0.4, -0.2) is 11.7 Å². The van der Waals surface area contributed by atoms with E-state index in [-0.39, 0.29) is 5.41 Å². The highest BCUT2D eigenvalue weighted by Gasteiger charge is 2.28. The summed E-state index contributed by atoms with van der Waals surface area (Å²) in [6, 6.07) is 0. The van der Waals surface area contributed by atoms with Gasteiger partial charge in [-0.1, -0.05) is 25.5 Å². The zero-order valence-electron chi connectivity index (χ0n) is 8.43. The summed E-state index contributed by atoms with van der Waals surface area (Å²) in [6.07, 6.45) is 6.12. The Bertz CT molecular complexity index is 179. The van der Waals surface area contributed by atoms with Gasteiger partial charge in [-0.05, 0) is 37.5 Å². The molecule has 0 amide bonds. The molecule has 1 rings (SSSR count). The second-order valence-corrected chi connectivity index (χ2v) is 4.66. The molecule has 1 atom stereocenters. The van der Waals surface area contributed by atoms with Gasteiger partial charge in [0.1, 0.15) is 0 Å². The van der Waals surface area contributed by atoms with Crippen LogP contribution in [0.1, 0.15) is 40.0 Å². The maximum absolute atomic E-state index is 9.20. The number of aliphatic hydroxyl groups is 1. The SMILES string of the molecule is CC1=CC(C(C)(C)CO)CCC1. The van der Waals surface area contributed by atoms with Gasteiger partial charge < -0.3 is 5.11 Å². The van der Waals surface area contributed by atoms with Crippen LogP contribution in [0.15, 0.2) is 11.6 Å². The summed E-state index contributed by atoms with van der Waals surface area (Å²) in [5.41, 5.74) is 1.56. The first-order valence-electron chi connectivity index (χ1n) is 4.84. The lowest BCUT2D eigenvalue weighted by molar-refractivity contribution is 0.110. The molecule has 0 aromatic carbocycles. The monoisotopic (exact) mass is 168 g/mol. The van der Waals surface area contributed by atoms with Crippen molar-refractivity contribution in [1.82, 2.24) is 0 Å². The fraction of sp³-hybridized carbons (Fsp3) is 0.818. The molecule has 0 aromatic heterocycles. The fourth-order valence-electron chi connectivity index (χ4n) is 1.84. The van der Waals surface area contributed by atoms with Crippen molar-refractivity contribution in [3.05, 3.63) is 11.6 Å². The topological polar surface area (TPSA) is 20.2 Å². The molecule has 12 heavy (non-hydrogen) atoms. The Balaban J connectivity index is 2.68. The van der Waals surface area contributed by atoms with Crippen molar-refractivity contribution in [2.75, 3.05) is 6.61 Å². The number of rotatable bonds is 2. The molecule has 0 heterocycles. The third-order valence-corrected chi connectivity index (χ3v) is 2.98. The van der Waals surface area contributed by atoms with Gasteiger partial charge in [0.05, 0.1) is 0 Å². The van der Waals surface area contributed by atoms with E-state index in [9.17, 15) is 5.11 Å². The normalized spacial score (nSPS) is 25.3. The van der Waals surface area contributed by atoms with Crippen LogP contribution >= 0.6 is 0 Å². The van der Waals surface area contributed by atoms with Gasteiger partial charge in [-0.15, -0.1) is 0 Å². The first-order valence-corrected chi connectivity index (χ1v) is 4.84. The third-order valence-electron chi connectivity index (χ3n) is 2.98. The Kier molecular flexibility index (Phi) is 2.94. The molecule has 0 fully saturated rings. The Morgan fingerprint density at radius 1 is 1.58 bits per heavy atom. The molecule has 0 saturated heterocycles. The summed E-state index contributed by atoms with van der Waals surface area (Å²) in [5.74, 6) is 0.580. The first-order chi connectivity index (χ1) is 5.56. The van der Waals surface area contributed by atoms with Crippen molar-refractivity contribution in [3.63, 3.8) is 0 Å². The molecule has 70 valence electrons. The lowest BCUT2D eigenvalue weighted by Crippen LogP contribution is -2.28. The summed E-state index contributed by atoms with van der Waals surface area (Å²) in [6.45, 7) is 6.78. The summed E-state index contributed by atoms with van der Waals surface area (Å²) < 4.78 is 0. The van der Waals surface area contributed by atoms with Gasteiger partial charge in [0.25, 0.3) is 0 Å². The van der Waals surface area contributed by atoms with Crippen LogP contribution in [-0.2, 0) is 0 Å². The van der Waals surface area contributed by atoms with Gasteiger partial charge in [-0.3, -0.25) is 0 Å². The van der Waals surface area contributed by atoms with Gasteiger partial charge >= 0.3 is 0 Å². The van der Waals surface area contributed by atoms with Crippen molar-refractivity contribution >= 4 is 0 Å². The standard InChI is InChI=1S/C11H20O/c1-9-5-4-6-10(7-9)11(2,3)8-12/h7,10,12H,4-6,8H2,1-3H3. The number of hydrogen-bond acceptors (Lipinski definition) is 1. The number of aliphatic hydroxyl groups excluding tert-OH is 1. The summed E-state index contributed by atoms with van der Waals surface area (Å²) in [7, 11) is 0. The molecular formula is C11H20O. The molecule has 1 aliphatic carbocycles. The van der Waals surface area contributed by atoms with E-state index in [0.29, 0.717) is 12.5 Å². The first kappa shape index (κ1) is 9.79. The predicted octanol–water partition coefficient (Wildman–Crippen LogP) is 2.75. The van der Waals surface area contributed by atoms with Crippen molar-refractivity contribution < 1.29 is 5.11 Å². The molecule has 0 radical (unpaired) electrons. The predicted molar refractivity (Wildman–Crippen MR) is 52.0 cm³/mol. The fourth-order valence-corrected chi connectivity index (χ4v) is 1.84. The maximum Gasteiger partial charge on any atom is 0.0487 e. The largest absolute Gasteiger partial charge is 0.396 e. The van der Waals surface area contributed by atoms with Crippen LogP contribution in [0.5, 0.6) is 0 Å². The van der Waals surface area contributed by atoms with Crippen molar-refractivity contribution in [1.29, 1.82) is 0 Å². The Labute approximate surface area is 75.5 Å². The third kappa shape index (κ3) is 2.10. The highest BCUT2D eigenvalue weighted by Crippen LogP contribution is 2.35. The molecule has 1 nitrogen and oxygen atoms in total. The molecule has 0 bridgehead atoms.